The Morgan fingerprint density at radius 2 is 1.95 bits per heavy atom. The largest absolute Gasteiger partial charge is 0.495 e. The average molecular weight is 438 g/mol. The molecule has 6 heteroatoms. The highest BCUT2D eigenvalue weighted by Gasteiger charge is 2.22. The minimum absolute atomic E-state index is 0.264. The van der Waals surface area contributed by atoms with Gasteiger partial charge in [0, 0.05) is 10.6 Å². The summed E-state index contributed by atoms with van der Waals surface area (Å²) >= 11 is 12.9. The Labute approximate surface area is 144 Å². The third-order valence-electron chi connectivity index (χ3n) is 3.13. The average Bonchev–Trinajstić information content (AvgIpc) is 2.44. The van der Waals surface area contributed by atoms with Gasteiger partial charge in [0.05, 0.1) is 22.1 Å². The molecular weight excluding hydrogens is 424 g/mol. The van der Waals surface area contributed by atoms with Crippen molar-refractivity contribution in [3.8, 4) is 5.75 Å². The maximum absolute atomic E-state index is 13.8. The summed E-state index contributed by atoms with van der Waals surface area (Å²) in [5.41, 5.74) is 1.59. The summed E-state index contributed by atoms with van der Waals surface area (Å²) in [7, 11) is 3.39. The lowest BCUT2D eigenvalue weighted by Gasteiger charge is -2.22. The van der Waals surface area contributed by atoms with Crippen LogP contribution >= 0.6 is 43.5 Å². The van der Waals surface area contributed by atoms with E-state index in [2.05, 4.69) is 37.2 Å². The first kappa shape index (κ1) is 16.7. The van der Waals surface area contributed by atoms with Crippen molar-refractivity contribution in [1.29, 1.82) is 0 Å². The molecule has 0 aliphatic carbocycles. The van der Waals surface area contributed by atoms with Gasteiger partial charge in [-0.3, -0.25) is 0 Å². The van der Waals surface area contributed by atoms with Crippen molar-refractivity contribution in [3.05, 3.63) is 61.2 Å². The van der Waals surface area contributed by atoms with Crippen molar-refractivity contribution < 1.29 is 9.13 Å². The van der Waals surface area contributed by atoms with Crippen LogP contribution in [0.15, 0.2) is 39.3 Å². The fourth-order valence-electron chi connectivity index (χ4n) is 2.23. The van der Waals surface area contributed by atoms with Crippen LogP contribution in [0.4, 0.5) is 4.39 Å². The quantitative estimate of drug-likeness (QED) is 0.699. The molecule has 0 amide bonds. The molecule has 0 saturated heterocycles. The lowest BCUT2D eigenvalue weighted by Crippen LogP contribution is -2.19. The fourth-order valence-corrected chi connectivity index (χ4v) is 3.72. The van der Waals surface area contributed by atoms with Crippen molar-refractivity contribution in [2.75, 3.05) is 14.2 Å². The first-order chi connectivity index (χ1) is 9.99. The van der Waals surface area contributed by atoms with Gasteiger partial charge in [-0.25, -0.2) is 4.39 Å². The van der Waals surface area contributed by atoms with E-state index in [0.717, 1.165) is 15.6 Å². The van der Waals surface area contributed by atoms with Gasteiger partial charge in [-0.15, -0.1) is 0 Å². The molecule has 0 aliphatic heterocycles. The first-order valence-electron chi connectivity index (χ1n) is 6.13. The zero-order valence-electron chi connectivity index (χ0n) is 11.4. The van der Waals surface area contributed by atoms with Gasteiger partial charge in [0.25, 0.3) is 0 Å². The number of halogens is 4. The molecular formula is C15H13Br2ClFNO. The van der Waals surface area contributed by atoms with E-state index in [1.165, 1.54) is 6.07 Å². The molecule has 2 nitrogen and oxygen atoms in total. The molecule has 0 fully saturated rings. The summed E-state index contributed by atoms with van der Waals surface area (Å²) in [5.74, 6) is 0.350. The second kappa shape index (κ2) is 7.09. The number of hydrogen-bond donors (Lipinski definition) is 1. The highest BCUT2D eigenvalue weighted by molar-refractivity contribution is 9.10. The molecule has 21 heavy (non-hydrogen) atoms. The van der Waals surface area contributed by atoms with Gasteiger partial charge in [-0.05, 0) is 62.7 Å². The van der Waals surface area contributed by atoms with Crippen molar-refractivity contribution in [3.63, 3.8) is 0 Å². The van der Waals surface area contributed by atoms with E-state index in [4.69, 9.17) is 16.3 Å². The van der Waals surface area contributed by atoms with Crippen LogP contribution in [-0.2, 0) is 0 Å². The molecule has 1 atom stereocenters. The topological polar surface area (TPSA) is 21.3 Å². The van der Waals surface area contributed by atoms with E-state index in [1.807, 2.05) is 12.1 Å². The van der Waals surface area contributed by atoms with Crippen molar-refractivity contribution >= 4 is 43.5 Å². The Morgan fingerprint density at radius 1 is 1.24 bits per heavy atom. The molecule has 0 radical (unpaired) electrons. The number of ether oxygens (including phenoxy) is 1. The van der Waals surface area contributed by atoms with Gasteiger partial charge in [-0.2, -0.15) is 0 Å². The molecule has 0 aromatic heterocycles. The minimum Gasteiger partial charge on any atom is -0.495 e. The molecule has 2 aromatic carbocycles. The maximum Gasteiger partial charge on any atom is 0.138 e. The smallest absolute Gasteiger partial charge is 0.138 e. The van der Waals surface area contributed by atoms with Crippen LogP contribution in [0.5, 0.6) is 5.75 Å². The van der Waals surface area contributed by atoms with E-state index in [-0.39, 0.29) is 11.9 Å². The molecule has 0 spiro atoms. The van der Waals surface area contributed by atoms with Crippen LogP contribution in [0.25, 0.3) is 0 Å². The van der Waals surface area contributed by atoms with E-state index < -0.39 is 0 Å². The van der Waals surface area contributed by atoms with E-state index in [0.29, 0.717) is 15.2 Å². The minimum atomic E-state index is -0.312. The van der Waals surface area contributed by atoms with Crippen LogP contribution < -0.4 is 10.1 Å². The van der Waals surface area contributed by atoms with Gasteiger partial charge in [0.15, 0.2) is 0 Å². The zero-order chi connectivity index (χ0) is 15.6. The van der Waals surface area contributed by atoms with Crippen molar-refractivity contribution in [2.45, 2.75) is 6.04 Å². The molecule has 1 N–H and O–H groups in total. The van der Waals surface area contributed by atoms with E-state index in [1.54, 1.807) is 26.3 Å². The molecule has 2 aromatic rings. The maximum atomic E-state index is 13.8. The standard InChI is InChI=1S/C15H13Br2ClFNO/c1-20-14(9-4-3-5-12(19)13(9)17)10-6-8(18)7-11(16)15(10)21-2/h3-7,14,20H,1-2H3. The predicted molar refractivity (Wildman–Crippen MR) is 90.7 cm³/mol. The van der Waals surface area contributed by atoms with E-state index >= 15 is 0 Å². The van der Waals surface area contributed by atoms with Crippen LogP contribution in [0.2, 0.25) is 5.02 Å². The molecule has 112 valence electrons. The third kappa shape index (κ3) is 3.42. The number of rotatable bonds is 4. The van der Waals surface area contributed by atoms with Crippen LogP contribution in [-0.4, -0.2) is 14.2 Å². The molecule has 2 rings (SSSR count). The van der Waals surface area contributed by atoms with Gasteiger partial charge >= 0.3 is 0 Å². The Balaban J connectivity index is 2.64. The predicted octanol–water partition coefficient (Wildman–Crippen LogP) is 5.32. The van der Waals surface area contributed by atoms with Crippen molar-refractivity contribution in [2.24, 2.45) is 0 Å². The molecule has 1 unspecified atom stereocenters. The van der Waals surface area contributed by atoms with Crippen molar-refractivity contribution in [1.82, 2.24) is 5.32 Å². The van der Waals surface area contributed by atoms with E-state index in [9.17, 15) is 4.39 Å². The molecule has 0 heterocycles. The van der Waals surface area contributed by atoms with Crippen LogP contribution in [0.3, 0.4) is 0 Å². The molecule has 0 bridgehead atoms. The summed E-state index contributed by atoms with van der Waals surface area (Å²) in [6.07, 6.45) is 0. The number of benzene rings is 2. The highest BCUT2D eigenvalue weighted by Crippen LogP contribution is 2.40. The fraction of sp³-hybridized carbons (Fsp3) is 0.200. The zero-order valence-corrected chi connectivity index (χ0v) is 15.3. The van der Waals surface area contributed by atoms with Gasteiger partial charge in [0.1, 0.15) is 11.6 Å². The number of hydrogen-bond acceptors (Lipinski definition) is 2. The lowest BCUT2D eigenvalue weighted by atomic mass is 9.98. The lowest BCUT2D eigenvalue weighted by molar-refractivity contribution is 0.402. The normalized spacial score (nSPS) is 12.3. The first-order valence-corrected chi connectivity index (χ1v) is 8.10. The SMILES string of the molecule is CNC(c1cccc(F)c1Br)c1cc(Cl)cc(Br)c1OC. The summed E-state index contributed by atoms with van der Waals surface area (Å²) in [6, 6.07) is 8.24. The van der Waals surface area contributed by atoms with Gasteiger partial charge in [-0.1, -0.05) is 23.7 Å². The molecule has 0 saturated carbocycles. The summed E-state index contributed by atoms with van der Waals surface area (Å²) < 4.78 is 20.4. The third-order valence-corrected chi connectivity index (χ3v) is 4.78. The second-order valence-electron chi connectivity index (χ2n) is 4.37. The Bertz CT molecular complexity index is 666. The summed E-state index contributed by atoms with van der Waals surface area (Å²) in [4.78, 5) is 0. The Kier molecular flexibility index (Phi) is 5.66. The number of methoxy groups -OCH3 is 1. The number of nitrogens with one attached hydrogen (secondary N) is 1. The Hall–Kier alpha value is -0.620. The monoisotopic (exact) mass is 435 g/mol. The summed E-state index contributed by atoms with van der Waals surface area (Å²) in [6.45, 7) is 0. The van der Waals surface area contributed by atoms with Crippen LogP contribution in [0.1, 0.15) is 17.2 Å². The molecule has 0 aliphatic rings. The van der Waals surface area contributed by atoms with Crippen LogP contribution in [0, 0.1) is 5.82 Å². The van der Waals surface area contributed by atoms with Gasteiger partial charge in [0.2, 0.25) is 0 Å². The second-order valence-corrected chi connectivity index (χ2v) is 6.46. The Morgan fingerprint density at radius 3 is 2.57 bits per heavy atom. The van der Waals surface area contributed by atoms with Gasteiger partial charge < -0.3 is 10.1 Å². The highest BCUT2D eigenvalue weighted by atomic mass is 79.9. The summed E-state index contributed by atoms with van der Waals surface area (Å²) in [5, 5.41) is 3.75.